The minimum atomic E-state index is 0.739. The van der Waals surface area contributed by atoms with Gasteiger partial charge in [0.2, 0.25) is 0 Å². The van der Waals surface area contributed by atoms with Crippen molar-refractivity contribution in [1.29, 1.82) is 0 Å². The zero-order valence-electron chi connectivity index (χ0n) is 14.1. The number of halogens is 1. The van der Waals surface area contributed by atoms with Crippen LogP contribution < -0.4 is 4.74 Å². The molecule has 1 unspecified atom stereocenters. The number of piperidine rings is 1. The van der Waals surface area contributed by atoms with Crippen LogP contribution in [0, 0.1) is 0 Å². The van der Waals surface area contributed by atoms with Crippen LogP contribution in [0.4, 0.5) is 0 Å². The van der Waals surface area contributed by atoms with Crippen molar-refractivity contribution in [2.24, 2.45) is 0 Å². The Morgan fingerprint density at radius 2 is 1.96 bits per heavy atom. The fourth-order valence-corrected chi connectivity index (χ4v) is 4.03. The van der Waals surface area contributed by atoms with Gasteiger partial charge in [-0.3, -0.25) is 4.90 Å². The first kappa shape index (κ1) is 17.1. The van der Waals surface area contributed by atoms with Gasteiger partial charge in [-0.25, -0.2) is 0 Å². The van der Waals surface area contributed by atoms with E-state index in [1.807, 2.05) is 24.3 Å². The number of hydrogen-bond donors (Lipinski definition) is 0. The molecule has 1 aromatic carbocycles. The number of benzene rings is 1. The standard InChI is InChI=1S/C19H29ClN2O/c20-17-7-4-9-19(15-17)23-14-6-13-22-12-5-8-18(22)16-21-10-2-1-3-11-21/h4,7,9,15,18H,1-3,5-6,8,10-14,16H2. The van der Waals surface area contributed by atoms with E-state index in [0.717, 1.165) is 36.4 Å². The van der Waals surface area contributed by atoms with E-state index in [2.05, 4.69) is 9.80 Å². The van der Waals surface area contributed by atoms with Gasteiger partial charge in [0, 0.05) is 24.2 Å². The van der Waals surface area contributed by atoms with Gasteiger partial charge in [0.1, 0.15) is 5.75 Å². The van der Waals surface area contributed by atoms with E-state index in [9.17, 15) is 0 Å². The summed E-state index contributed by atoms with van der Waals surface area (Å²) in [5.41, 5.74) is 0. The Bertz CT molecular complexity index is 476. The Hall–Kier alpha value is -0.770. The smallest absolute Gasteiger partial charge is 0.120 e. The molecule has 1 atom stereocenters. The maximum absolute atomic E-state index is 5.98. The molecule has 0 aromatic heterocycles. The molecule has 1 aromatic rings. The molecule has 3 rings (SSSR count). The molecule has 0 aliphatic carbocycles. The van der Waals surface area contributed by atoms with Gasteiger partial charge in [-0.2, -0.15) is 0 Å². The highest BCUT2D eigenvalue weighted by molar-refractivity contribution is 6.30. The van der Waals surface area contributed by atoms with Crippen molar-refractivity contribution in [3.8, 4) is 5.75 Å². The van der Waals surface area contributed by atoms with Crippen molar-refractivity contribution in [3.05, 3.63) is 29.3 Å². The highest BCUT2D eigenvalue weighted by Gasteiger charge is 2.26. The molecule has 3 nitrogen and oxygen atoms in total. The van der Waals surface area contributed by atoms with Crippen LogP contribution in [0.15, 0.2) is 24.3 Å². The Morgan fingerprint density at radius 3 is 2.78 bits per heavy atom. The molecule has 0 radical (unpaired) electrons. The van der Waals surface area contributed by atoms with Gasteiger partial charge >= 0.3 is 0 Å². The van der Waals surface area contributed by atoms with E-state index in [1.54, 1.807) is 0 Å². The summed E-state index contributed by atoms with van der Waals surface area (Å²) in [5.74, 6) is 0.879. The molecule has 128 valence electrons. The third-order valence-corrected chi connectivity index (χ3v) is 5.31. The van der Waals surface area contributed by atoms with Crippen LogP contribution in [0.5, 0.6) is 5.75 Å². The largest absolute Gasteiger partial charge is 0.493 e. The summed E-state index contributed by atoms with van der Waals surface area (Å²) in [5, 5.41) is 0.739. The van der Waals surface area contributed by atoms with Crippen molar-refractivity contribution in [2.75, 3.05) is 39.3 Å². The molecule has 0 bridgehead atoms. The second-order valence-corrected chi connectivity index (χ2v) is 7.29. The number of nitrogens with zero attached hydrogens (tertiary/aromatic N) is 2. The van der Waals surface area contributed by atoms with Gasteiger partial charge in [-0.05, 0) is 69.9 Å². The number of hydrogen-bond acceptors (Lipinski definition) is 3. The van der Waals surface area contributed by atoms with Crippen LogP contribution in [0.25, 0.3) is 0 Å². The first-order chi connectivity index (χ1) is 11.3. The van der Waals surface area contributed by atoms with Gasteiger partial charge in [0.15, 0.2) is 0 Å². The summed E-state index contributed by atoms with van der Waals surface area (Å²) < 4.78 is 5.81. The first-order valence-corrected chi connectivity index (χ1v) is 9.54. The first-order valence-electron chi connectivity index (χ1n) is 9.16. The van der Waals surface area contributed by atoms with Crippen molar-refractivity contribution in [2.45, 2.75) is 44.6 Å². The lowest BCUT2D eigenvalue weighted by molar-refractivity contribution is 0.147. The molecule has 0 N–H and O–H groups in total. The van der Waals surface area contributed by atoms with Gasteiger partial charge in [-0.1, -0.05) is 24.1 Å². The summed E-state index contributed by atoms with van der Waals surface area (Å²) in [4.78, 5) is 5.35. The summed E-state index contributed by atoms with van der Waals surface area (Å²) in [7, 11) is 0. The van der Waals surface area contributed by atoms with E-state index in [1.165, 1.54) is 58.3 Å². The Balaban J connectivity index is 1.37. The summed E-state index contributed by atoms with van der Waals surface area (Å²) in [6.45, 7) is 7.07. The van der Waals surface area contributed by atoms with Crippen LogP contribution in [-0.4, -0.2) is 55.2 Å². The highest BCUT2D eigenvalue weighted by atomic mass is 35.5. The van der Waals surface area contributed by atoms with Crippen LogP contribution in [0.1, 0.15) is 38.5 Å². The Kier molecular flexibility index (Phi) is 6.61. The maximum Gasteiger partial charge on any atom is 0.120 e. The van der Waals surface area contributed by atoms with Gasteiger partial charge < -0.3 is 9.64 Å². The third kappa shape index (κ3) is 5.37. The van der Waals surface area contributed by atoms with E-state index in [4.69, 9.17) is 16.3 Å². The summed E-state index contributed by atoms with van der Waals surface area (Å²) in [6.07, 6.45) is 8.01. The lowest BCUT2D eigenvalue weighted by Crippen LogP contribution is -2.42. The maximum atomic E-state index is 5.98. The molecular weight excluding hydrogens is 308 g/mol. The van der Waals surface area contributed by atoms with Crippen molar-refractivity contribution >= 4 is 11.6 Å². The van der Waals surface area contributed by atoms with Crippen molar-refractivity contribution in [3.63, 3.8) is 0 Å². The van der Waals surface area contributed by atoms with Crippen LogP contribution in [0.2, 0.25) is 5.02 Å². The minimum Gasteiger partial charge on any atom is -0.493 e. The predicted molar refractivity (Wildman–Crippen MR) is 96.5 cm³/mol. The molecular formula is C19H29ClN2O. The van der Waals surface area contributed by atoms with Crippen LogP contribution in [0.3, 0.4) is 0 Å². The lowest BCUT2D eigenvalue weighted by atomic mass is 10.1. The molecule has 23 heavy (non-hydrogen) atoms. The third-order valence-electron chi connectivity index (χ3n) is 5.07. The topological polar surface area (TPSA) is 15.7 Å². The summed E-state index contributed by atoms with van der Waals surface area (Å²) >= 11 is 5.98. The average molecular weight is 337 g/mol. The zero-order chi connectivity index (χ0) is 15.9. The molecule has 0 spiro atoms. The SMILES string of the molecule is Clc1cccc(OCCCN2CCCC2CN2CCCCC2)c1. The second-order valence-electron chi connectivity index (χ2n) is 6.85. The molecule has 4 heteroatoms. The molecule has 2 heterocycles. The van der Waals surface area contributed by atoms with E-state index >= 15 is 0 Å². The fraction of sp³-hybridized carbons (Fsp3) is 0.684. The van der Waals surface area contributed by atoms with E-state index in [0.29, 0.717) is 0 Å². The average Bonchev–Trinajstić information content (AvgIpc) is 3.00. The fourth-order valence-electron chi connectivity index (χ4n) is 3.85. The molecule has 2 aliphatic rings. The molecule has 0 amide bonds. The summed E-state index contributed by atoms with van der Waals surface area (Å²) in [6, 6.07) is 8.44. The molecule has 2 fully saturated rings. The van der Waals surface area contributed by atoms with Crippen molar-refractivity contribution in [1.82, 2.24) is 9.80 Å². The van der Waals surface area contributed by atoms with E-state index in [-0.39, 0.29) is 0 Å². The second kappa shape index (κ2) is 8.91. The quantitative estimate of drug-likeness (QED) is 0.698. The van der Waals surface area contributed by atoms with Gasteiger partial charge in [-0.15, -0.1) is 0 Å². The number of ether oxygens (including phenoxy) is 1. The van der Waals surface area contributed by atoms with Crippen molar-refractivity contribution < 1.29 is 4.74 Å². The number of likely N-dealkylation sites (tertiary alicyclic amines) is 2. The number of rotatable bonds is 7. The van der Waals surface area contributed by atoms with Crippen LogP contribution in [-0.2, 0) is 0 Å². The molecule has 0 saturated carbocycles. The van der Waals surface area contributed by atoms with E-state index < -0.39 is 0 Å². The zero-order valence-corrected chi connectivity index (χ0v) is 14.8. The highest BCUT2D eigenvalue weighted by Crippen LogP contribution is 2.21. The van der Waals surface area contributed by atoms with Crippen LogP contribution >= 0.6 is 11.6 Å². The lowest BCUT2D eigenvalue weighted by Gasteiger charge is -2.33. The monoisotopic (exact) mass is 336 g/mol. The minimum absolute atomic E-state index is 0.739. The molecule has 2 saturated heterocycles. The Morgan fingerprint density at radius 1 is 1.09 bits per heavy atom. The molecule has 2 aliphatic heterocycles. The normalized spacial score (nSPS) is 23.3. The van der Waals surface area contributed by atoms with Gasteiger partial charge in [0.05, 0.1) is 6.61 Å². The predicted octanol–water partition coefficient (Wildman–Crippen LogP) is 4.06. The van der Waals surface area contributed by atoms with Gasteiger partial charge in [0.25, 0.3) is 0 Å². The Labute approximate surface area is 145 Å².